The van der Waals surface area contributed by atoms with E-state index in [2.05, 4.69) is 26.2 Å². The molecule has 2 amide bonds. The maximum atomic E-state index is 15.1. The van der Waals surface area contributed by atoms with E-state index < -0.39 is 52.9 Å². The number of β-lactam (4-membered cyclic amide) rings is 1. The third kappa shape index (κ3) is 9.48. The summed E-state index contributed by atoms with van der Waals surface area (Å²) in [5.41, 5.74) is 2.69. The molecule has 1 saturated heterocycles. The van der Waals surface area contributed by atoms with Gasteiger partial charge in [0.1, 0.15) is 34.9 Å². The minimum absolute atomic E-state index is 0.0581. The van der Waals surface area contributed by atoms with E-state index >= 15 is 4.79 Å². The molecule has 0 aliphatic carbocycles. The van der Waals surface area contributed by atoms with Gasteiger partial charge in [0.15, 0.2) is 10.8 Å². The predicted octanol–water partition coefficient (Wildman–Crippen LogP) is 7.86. The Morgan fingerprint density at radius 3 is 1.70 bits per heavy atom. The first-order valence-electron chi connectivity index (χ1n) is 22.8. The summed E-state index contributed by atoms with van der Waals surface area (Å²) in [5.74, 6) is -3.68. The van der Waals surface area contributed by atoms with E-state index in [1.165, 1.54) is 23.1 Å². The topological polar surface area (TPSA) is 214 Å². The van der Waals surface area contributed by atoms with Gasteiger partial charge >= 0.3 is 11.9 Å². The Morgan fingerprint density at radius 2 is 1.22 bits per heavy atom. The third-order valence-electron chi connectivity index (χ3n) is 12.4. The van der Waals surface area contributed by atoms with Crippen LogP contribution in [0.2, 0.25) is 0 Å². The first-order chi connectivity index (χ1) is 35.7. The Morgan fingerprint density at radius 1 is 0.726 bits per heavy atom. The Kier molecular flexibility index (Phi) is 14.0. The Hall–Kier alpha value is -8.39. The number of nitrogens with zero attached hydrogens (tertiary/aromatic N) is 7. The fraction of sp³-hybridized carbons (Fsp3) is 0.130. The highest BCUT2D eigenvalue weighted by Gasteiger charge is 2.54. The van der Waals surface area contributed by atoms with Crippen molar-refractivity contribution >= 4 is 69.5 Å². The Balaban J connectivity index is 1.04. The normalized spacial score (nSPS) is 15.8. The van der Waals surface area contributed by atoms with E-state index in [1.54, 1.807) is 5.38 Å². The number of carbonyl (C=O) groups excluding carboxylic acids is 2. The lowest BCUT2D eigenvalue weighted by Gasteiger charge is -2.49. The van der Waals surface area contributed by atoms with Crippen molar-refractivity contribution < 1.29 is 34.2 Å². The molecule has 16 nitrogen and oxygen atoms in total. The molecule has 0 spiro atoms. The highest BCUT2D eigenvalue weighted by molar-refractivity contribution is 8.01. The molecule has 0 saturated carbocycles. The van der Waals surface area contributed by atoms with Gasteiger partial charge in [0.25, 0.3) is 11.8 Å². The third-order valence-corrected chi connectivity index (χ3v) is 15.5. The number of benzene rings is 6. The average Bonchev–Trinajstić information content (AvgIpc) is 4.10. The fourth-order valence-corrected chi connectivity index (χ4v) is 12.2. The van der Waals surface area contributed by atoms with E-state index in [9.17, 15) is 24.6 Å². The largest absolute Gasteiger partial charge is 0.480 e. The van der Waals surface area contributed by atoms with E-state index in [1.807, 2.05) is 182 Å². The van der Waals surface area contributed by atoms with E-state index in [-0.39, 0.29) is 33.8 Å². The van der Waals surface area contributed by atoms with Crippen LogP contribution in [0, 0.1) is 0 Å². The van der Waals surface area contributed by atoms with Crippen LogP contribution in [0.5, 0.6) is 0 Å². The summed E-state index contributed by atoms with van der Waals surface area (Å²) in [7, 11) is 0. The van der Waals surface area contributed by atoms with Gasteiger partial charge in [-0.25, -0.2) is 14.5 Å². The van der Waals surface area contributed by atoms with Crippen molar-refractivity contribution in [3.63, 3.8) is 0 Å². The summed E-state index contributed by atoms with van der Waals surface area (Å²) in [4.78, 5) is 66.7. The highest BCUT2D eigenvalue weighted by Crippen LogP contribution is 2.44. The molecule has 1 unspecified atom stereocenters. The summed E-state index contributed by atoms with van der Waals surface area (Å²) in [6, 6.07) is 57.6. The van der Waals surface area contributed by atoms with Gasteiger partial charge < -0.3 is 25.7 Å². The fourth-order valence-electron chi connectivity index (χ4n) is 9.06. The van der Waals surface area contributed by atoms with Crippen molar-refractivity contribution in [1.82, 2.24) is 35.4 Å². The molecule has 0 radical (unpaired) electrons. The minimum atomic E-state index is -1.40. The second-order valence-corrected chi connectivity index (χ2v) is 19.6. The van der Waals surface area contributed by atoms with Crippen LogP contribution in [-0.4, -0.2) is 92.7 Å². The summed E-state index contributed by atoms with van der Waals surface area (Å²) in [6.07, 6.45) is 0. The molecular weight excluding hydrogens is 983 g/mol. The standard InChI is InChI=1S/C54H43N9O7S3/c64-43(65)31-62-52(58-60-61-62)73-33-35-32-71-49-45(48(67)63(49)46(35)50(68)69)56-47(66)44(59-70-54(39-25-13-4-14-26-39,40-27-15-5-16-28-40)41-29-17-6-18-30-41)42-34-72-51(55-42)57-53(36-19-7-1-8-20-36,37-21-9-2-10-22-37)38-23-11-3-12-24-38/h1-30,34,45,49H,31-33H2,(H,55,57)(H,56,66)(H,64,65)(H,68,69)/t45?,49-/m0/s1. The Bertz CT molecular complexity index is 3140. The van der Waals surface area contributed by atoms with Gasteiger partial charge in [-0.15, -0.1) is 28.2 Å². The smallest absolute Gasteiger partial charge is 0.352 e. The first-order valence-corrected chi connectivity index (χ1v) is 25.7. The lowest BCUT2D eigenvalue weighted by Crippen LogP contribution is -2.71. The SMILES string of the molecule is O=C(O)Cn1nnnc1SCC1=C(C(=O)O)N2C(=O)C(NC(=O)C(=NOC(c3ccccc3)(c3ccccc3)c3ccccc3)c3csc(NC(c4ccccc4)(c4ccccc4)c4ccccc4)n3)[C@@H]2SC1. The highest BCUT2D eigenvalue weighted by atomic mass is 32.2. The van der Waals surface area contributed by atoms with Crippen molar-refractivity contribution in [2.45, 2.75) is 34.3 Å². The molecule has 2 aliphatic heterocycles. The molecule has 2 aliphatic rings. The molecule has 4 N–H and O–H groups in total. The number of thioether (sulfide) groups is 2. The molecular formula is C54H43N9O7S3. The molecule has 73 heavy (non-hydrogen) atoms. The van der Waals surface area contributed by atoms with Crippen molar-refractivity contribution in [1.29, 1.82) is 0 Å². The van der Waals surface area contributed by atoms with Gasteiger partial charge in [-0.05, 0) is 32.7 Å². The first kappa shape index (κ1) is 48.2. The zero-order valence-corrected chi connectivity index (χ0v) is 40.9. The van der Waals surface area contributed by atoms with Crippen LogP contribution in [0.15, 0.2) is 209 Å². The van der Waals surface area contributed by atoms with Gasteiger partial charge in [0.05, 0.1) is 0 Å². The monoisotopic (exact) mass is 1030 g/mol. The quantitative estimate of drug-likeness (QED) is 0.0200. The van der Waals surface area contributed by atoms with Crippen molar-refractivity contribution in [2.24, 2.45) is 5.16 Å². The molecule has 10 rings (SSSR count). The van der Waals surface area contributed by atoms with Crippen molar-refractivity contribution in [3.05, 3.63) is 238 Å². The maximum Gasteiger partial charge on any atom is 0.352 e. The summed E-state index contributed by atoms with van der Waals surface area (Å²) < 4.78 is 1.09. The number of thiazole rings is 1. The van der Waals surface area contributed by atoms with E-state index in [0.29, 0.717) is 10.7 Å². The molecule has 8 aromatic rings. The number of carboxylic acid groups (broad SMARTS) is 2. The lowest BCUT2D eigenvalue weighted by molar-refractivity contribution is -0.150. The van der Waals surface area contributed by atoms with Gasteiger partial charge in [-0.3, -0.25) is 19.3 Å². The molecule has 1 fully saturated rings. The molecule has 2 aromatic heterocycles. The molecule has 364 valence electrons. The molecule has 0 bridgehead atoms. The summed E-state index contributed by atoms with van der Waals surface area (Å²) >= 11 is 3.59. The number of amides is 2. The minimum Gasteiger partial charge on any atom is -0.480 e. The second kappa shape index (κ2) is 21.1. The van der Waals surface area contributed by atoms with Gasteiger partial charge in [0, 0.05) is 33.6 Å². The number of aliphatic carboxylic acids is 2. The predicted molar refractivity (Wildman–Crippen MR) is 278 cm³/mol. The van der Waals surface area contributed by atoms with Crippen molar-refractivity contribution in [3.8, 4) is 0 Å². The number of carboxylic acids is 2. The number of rotatable bonds is 19. The Labute approximate surface area is 430 Å². The molecule has 2 atom stereocenters. The molecule has 6 aromatic carbocycles. The van der Waals surface area contributed by atoms with Gasteiger partial charge in [-0.2, -0.15) is 0 Å². The number of hydrogen-bond donors (Lipinski definition) is 4. The van der Waals surface area contributed by atoms with Crippen LogP contribution >= 0.6 is 34.9 Å². The van der Waals surface area contributed by atoms with Crippen LogP contribution in [0.1, 0.15) is 39.1 Å². The number of carbonyl (C=O) groups is 4. The summed E-state index contributed by atoms with van der Waals surface area (Å²) in [5, 5.41) is 43.9. The zero-order valence-electron chi connectivity index (χ0n) is 38.5. The number of fused-ring (bicyclic) bond motifs is 1. The average molecular weight is 1030 g/mol. The number of aromatic nitrogens is 5. The number of nitrogens with one attached hydrogen (secondary N) is 2. The van der Waals surface area contributed by atoms with E-state index in [4.69, 9.17) is 15.0 Å². The number of oxime groups is 1. The maximum absolute atomic E-state index is 15.1. The van der Waals surface area contributed by atoms with Gasteiger partial charge in [0.2, 0.25) is 10.8 Å². The van der Waals surface area contributed by atoms with Crippen LogP contribution in [0.25, 0.3) is 0 Å². The van der Waals surface area contributed by atoms with Crippen LogP contribution in [0.4, 0.5) is 5.13 Å². The second-order valence-electron chi connectivity index (χ2n) is 16.7. The summed E-state index contributed by atoms with van der Waals surface area (Å²) in [6.45, 7) is -0.486. The van der Waals surface area contributed by atoms with Crippen LogP contribution in [0.3, 0.4) is 0 Å². The number of anilines is 1. The molecule has 19 heteroatoms. The van der Waals surface area contributed by atoms with Gasteiger partial charge in [-0.1, -0.05) is 199 Å². The molecule has 4 heterocycles. The zero-order chi connectivity index (χ0) is 50.4. The van der Waals surface area contributed by atoms with Crippen LogP contribution < -0.4 is 10.6 Å². The van der Waals surface area contributed by atoms with Crippen molar-refractivity contribution in [2.75, 3.05) is 16.8 Å². The van der Waals surface area contributed by atoms with Crippen LogP contribution in [-0.2, 0) is 41.7 Å². The number of hydrogen-bond acceptors (Lipinski definition) is 14. The lowest BCUT2D eigenvalue weighted by atomic mass is 9.77. The number of tetrazole rings is 1. The van der Waals surface area contributed by atoms with E-state index in [0.717, 1.165) is 54.7 Å².